The summed E-state index contributed by atoms with van der Waals surface area (Å²) >= 11 is 0. The van der Waals surface area contributed by atoms with Gasteiger partial charge in [-0.3, -0.25) is 19.6 Å². The molecule has 2 fully saturated rings. The number of piperidine rings is 1. The standard InChI is InChI=1S/C26H28N4O3/c1-2-30-25(32)29(19-21-9-5-6-14-27-21)24(31)26(30)12-15-28(16-13-26)18-20-8-3-4-10-22(20)23-11-7-17-33-23/h3-11,14,17H,2,12-13,15-16,18-19H2,1H3. The van der Waals surface area contributed by atoms with Crippen molar-refractivity contribution in [2.75, 3.05) is 19.6 Å². The van der Waals surface area contributed by atoms with Gasteiger partial charge in [0.2, 0.25) is 0 Å². The molecule has 2 aromatic heterocycles. The number of rotatable bonds is 6. The van der Waals surface area contributed by atoms with Crippen molar-refractivity contribution in [3.05, 3.63) is 78.3 Å². The summed E-state index contributed by atoms with van der Waals surface area (Å²) in [5, 5.41) is 0. The molecule has 0 N–H and O–H groups in total. The van der Waals surface area contributed by atoms with Crippen LogP contribution in [0.2, 0.25) is 0 Å². The molecule has 0 radical (unpaired) electrons. The van der Waals surface area contributed by atoms with Crippen LogP contribution in [0.15, 0.2) is 71.5 Å². The lowest BCUT2D eigenvalue weighted by Gasteiger charge is -2.42. The second kappa shape index (κ2) is 8.83. The Morgan fingerprint density at radius 1 is 0.970 bits per heavy atom. The topological polar surface area (TPSA) is 69.9 Å². The molecule has 33 heavy (non-hydrogen) atoms. The first-order valence-electron chi connectivity index (χ1n) is 11.5. The van der Waals surface area contributed by atoms with Crippen LogP contribution in [-0.2, 0) is 17.9 Å². The number of hydrogen-bond donors (Lipinski definition) is 0. The van der Waals surface area contributed by atoms with E-state index in [1.54, 1.807) is 17.4 Å². The largest absolute Gasteiger partial charge is 0.464 e. The number of pyridine rings is 1. The minimum atomic E-state index is -0.752. The molecule has 5 rings (SSSR count). The lowest BCUT2D eigenvalue weighted by Crippen LogP contribution is -2.56. The van der Waals surface area contributed by atoms with Crippen LogP contribution in [0.1, 0.15) is 31.0 Å². The van der Waals surface area contributed by atoms with Gasteiger partial charge in [-0.2, -0.15) is 0 Å². The summed E-state index contributed by atoms with van der Waals surface area (Å²) in [6.45, 7) is 4.96. The number of imide groups is 1. The van der Waals surface area contributed by atoms with E-state index in [1.165, 1.54) is 10.5 Å². The molecule has 0 unspecified atom stereocenters. The molecule has 1 aromatic carbocycles. The van der Waals surface area contributed by atoms with Crippen LogP contribution in [0.3, 0.4) is 0 Å². The van der Waals surface area contributed by atoms with Gasteiger partial charge in [0.05, 0.1) is 18.5 Å². The zero-order chi connectivity index (χ0) is 22.8. The molecule has 3 amide bonds. The van der Waals surface area contributed by atoms with Gasteiger partial charge in [-0.1, -0.05) is 30.3 Å². The summed E-state index contributed by atoms with van der Waals surface area (Å²) in [7, 11) is 0. The summed E-state index contributed by atoms with van der Waals surface area (Å²) in [5.74, 6) is 0.772. The number of amides is 3. The number of likely N-dealkylation sites (N-methyl/N-ethyl adjacent to an activating group) is 1. The van der Waals surface area contributed by atoms with Crippen LogP contribution < -0.4 is 0 Å². The van der Waals surface area contributed by atoms with Crippen LogP contribution >= 0.6 is 0 Å². The van der Waals surface area contributed by atoms with Crippen molar-refractivity contribution in [3.8, 4) is 11.3 Å². The summed E-state index contributed by atoms with van der Waals surface area (Å²) < 4.78 is 5.62. The molecule has 2 aliphatic rings. The van der Waals surface area contributed by atoms with Crippen molar-refractivity contribution in [3.63, 3.8) is 0 Å². The van der Waals surface area contributed by atoms with Gasteiger partial charge >= 0.3 is 6.03 Å². The minimum absolute atomic E-state index is 0.0874. The highest BCUT2D eigenvalue weighted by atomic mass is 16.3. The number of urea groups is 1. The predicted octanol–water partition coefficient (Wildman–Crippen LogP) is 4.16. The van der Waals surface area contributed by atoms with Crippen molar-refractivity contribution in [1.29, 1.82) is 0 Å². The number of furan rings is 1. The lowest BCUT2D eigenvalue weighted by atomic mass is 9.85. The monoisotopic (exact) mass is 444 g/mol. The maximum absolute atomic E-state index is 13.5. The zero-order valence-corrected chi connectivity index (χ0v) is 18.8. The number of carbonyl (C=O) groups excluding carboxylic acids is 2. The SMILES string of the molecule is CCN1C(=O)N(Cc2ccccn2)C(=O)C12CCN(Cc1ccccc1-c1ccco1)CC2. The van der Waals surface area contributed by atoms with Gasteiger partial charge in [0.1, 0.15) is 11.3 Å². The van der Waals surface area contributed by atoms with Gasteiger partial charge in [0.25, 0.3) is 5.91 Å². The van der Waals surface area contributed by atoms with Gasteiger partial charge in [-0.15, -0.1) is 0 Å². The van der Waals surface area contributed by atoms with Crippen LogP contribution in [0.5, 0.6) is 0 Å². The third-order valence-electron chi connectivity index (χ3n) is 6.87. The van der Waals surface area contributed by atoms with Crippen molar-refractivity contribution >= 4 is 11.9 Å². The van der Waals surface area contributed by atoms with Crippen LogP contribution in [0.25, 0.3) is 11.3 Å². The average molecular weight is 445 g/mol. The van der Waals surface area contributed by atoms with Gasteiger partial charge in [-0.05, 0) is 49.6 Å². The molecule has 0 atom stereocenters. The van der Waals surface area contributed by atoms with E-state index in [1.807, 2.05) is 49.4 Å². The minimum Gasteiger partial charge on any atom is -0.464 e. The second-order valence-electron chi connectivity index (χ2n) is 8.68. The predicted molar refractivity (Wildman–Crippen MR) is 124 cm³/mol. The highest BCUT2D eigenvalue weighted by Crippen LogP contribution is 2.38. The molecule has 2 aliphatic heterocycles. The summed E-state index contributed by atoms with van der Waals surface area (Å²) in [5.41, 5.74) is 2.25. The summed E-state index contributed by atoms with van der Waals surface area (Å²) in [6.07, 6.45) is 4.64. The first kappa shape index (κ1) is 21.4. The van der Waals surface area contributed by atoms with E-state index in [0.717, 1.165) is 36.7 Å². The highest BCUT2D eigenvalue weighted by Gasteiger charge is 2.57. The first-order chi connectivity index (χ1) is 16.1. The Labute approximate surface area is 193 Å². The molecule has 7 nitrogen and oxygen atoms in total. The first-order valence-corrected chi connectivity index (χ1v) is 11.5. The van der Waals surface area contributed by atoms with Crippen molar-refractivity contribution in [2.45, 2.75) is 38.4 Å². The molecule has 0 bridgehead atoms. The Hall–Kier alpha value is -3.45. The summed E-state index contributed by atoms with van der Waals surface area (Å²) in [6, 6.07) is 17.5. The van der Waals surface area contributed by atoms with Gasteiger partial charge in [0, 0.05) is 37.9 Å². The molecule has 7 heteroatoms. The number of hydrogen-bond acceptors (Lipinski definition) is 5. The average Bonchev–Trinajstić information content (AvgIpc) is 3.44. The van der Waals surface area contributed by atoms with Crippen molar-refractivity contribution in [2.24, 2.45) is 0 Å². The van der Waals surface area contributed by atoms with Crippen molar-refractivity contribution < 1.29 is 14.0 Å². The molecule has 0 saturated carbocycles. The fraction of sp³-hybridized carbons (Fsp3) is 0.346. The molecule has 3 aromatic rings. The second-order valence-corrected chi connectivity index (χ2v) is 8.68. The Bertz CT molecular complexity index is 1120. The van der Waals surface area contributed by atoms with Gasteiger partial charge in [0.15, 0.2) is 0 Å². The van der Waals surface area contributed by atoms with Crippen molar-refractivity contribution in [1.82, 2.24) is 19.7 Å². The molecule has 0 aliphatic carbocycles. The van der Waals surface area contributed by atoms with Crippen LogP contribution in [-0.4, -0.2) is 56.8 Å². The number of carbonyl (C=O) groups is 2. The number of nitrogens with zero attached hydrogens (tertiary/aromatic N) is 4. The molecule has 170 valence electrons. The Balaban J connectivity index is 1.31. The number of likely N-dealkylation sites (tertiary alicyclic amines) is 1. The Morgan fingerprint density at radius 2 is 1.76 bits per heavy atom. The Kier molecular flexibility index (Phi) is 5.72. The zero-order valence-electron chi connectivity index (χ0n) is 18.8. The maximum Gasteiger partial charge on any atom is 0.328 e. The fourth-order valence-electron chi connectivity index (χ4n) is 5.15. The summed E-state index contributed by atoms with van der Waals surface area (Å²) in [4.78, 5) is 36.5. The van der Waals surface area contributed by atoms with E-state index in [-0.39, 0.29) is 18.5 Å². The van der Waals surface area contributed by atoms with E-state index in [4.69, 9.17) is 4.42 Å². The third-order valence-corrected chi connectivity index (χ3v) is 6.87. The highest BCUT2D eigenvalue weighted by molar-refractivity contribution is 6.07. The smallest absolute Gasteiger partial charge is 0.328 e. The molecule has 2 saturated heterocycles. The molecular formula is C26H28N4O3. The third kappa shape index (κ3) is 3.82. The van der Waals surface area contributed by atoms with Gasteiger partial charge in [-0.25, -0.2) is 4.79 Å². The lowest BCUT2D eigenvalue weighted by molar-refractivity contribution is -0.136. The molecule has 1 spiro atoms. The maximum atomic E-state index is 13.5. The molecule has 4 heterocycles. The normalized spacial score (nSPS) is 18.5. The fourth-order valence-corrected chi connectivity index (χ4v) is 5.15. The van der Waals surface area contributed by atoms with E-state index < -0.39 is 5.54 Å². The van der Waals surface area contributed by atoms with E-state index >= 15 is 0 Å². The van der Waals surface area contributed by atoms with E-state index in [0.29, 0.717) is 19.4 Å². The van der Waals surface area contributed by atoms with Gasteiger partial charge < -0.3 is 9.32 Å². The quantitative estimate of drug-likeness (QED) is 0.534. The van der Waals surface area contributed by atoms with E-state index in [9.17, 15) is 9.59 Å². The van der Waals surface area contributed by atoms with E-state index in [2.05, 4.69) is 22.0 Å². The number of aromatic nitrogens is 1. The van der Waals surface area contributed by atoms with Crippen LogP contribution in [0, 0.1) is 0 Å². The number of benzene rings is 1. The molecular weight excluding hydrogens is 416 g/mol. The van der Waals surface area contributed by atoms with Crippen LogP contribution in [0.4, 0.5) is 4.79 Å². The Morgan fingerprint density at radius 3 is 2.45 bits per heavy atom.